The van der Waals surface area contributed by atoms with E-state index in [0.717, 1.165) is 42.7 Å². The van der Waals surface area contributed by atoms with Gasteiger partial charge in [0, 0.05) is 18.1 Å². The van der Waals surface area contributed by atoms with Gasteiger partial charge in [0.15, 0.2) is 7.98 Å². The SMILES string of the molecule is [B]N1CCc2cc3c(c(Br)c2CC1)N(CCOC)[C@H](C)CO3. The van der Waals surface area contributed by atoms with Gasteiger partial charge >= 0.3 is 0 Å². The Bertz CT molecular complexity index is 555. The van der Waals surface area contributed by atoms with E-state index in [1.54, 1.807) is 7.11 Å². The molecule has 0 N–H and O–H groups in total. The molecule has 2 heterocycles. The van der Waals surface area contributed by atoms with Gasteiger partial charge in [-0.2, -0.15) is 0 Å². The number of methoxy groups -OCH3 is 1. The second-order valence-corrected chi connectivity index (χ2v) is 6.85. The summed E-state index contributed by atoms with van der Waals surface area (Å²) in [5.74, 6) is 0.977. The Balaban J connectivity index is 2.01. The summed E-state index contributed by atoms with van der Waals surface area (Å²) in [6.07, 6.45) is 1.93. The van der Waals surface area contributed by atoms with E-state index in [1.807, 2.05) is 4.81 Å². The van der Waals surface area contributed by atoms with Crippen molar-refractivity contribution in [2.45, 2.75) is 25.8 Å². The van der Waals surface area contributed by atoms with Crippen LogP contribution in [-0.4, -0.2) is 58.8 Å². The third kappa shape index (κ3) is 3.01. The van der Waals surface area contributed by atoms with Gasteiger partial charge in [-0.1, -0.05) is 0 Å². The standard InChI is InChI=1S/C16H22BBrN2O2/c1-11-10-22-14-9-12-3-5-19(17)6-4-13(12)15(18)16(14)20(11)7-8-21-2/h9,11H,3-8,10H2,1-2H3/t11-/m1/s1. The summed E-state index contributed by atoms with van der Waals surface area (Å²) in [5, 5.41) is 0. The molecule has 2 radical (unpaired) electrons. The zero-order valence-corrected chi connectivity index (χ0v) is 14.9. The molecule has 0 saturated carbocycles. The van der Waals surface area contributed by atoms with Gasteiger partial charge in [-0.3, -0.25) is 0 Å². The molecule has 0 unspecified atom stereocenters. The van der Waals surface area contributed by atoms with E-state index >= 15 is 0 Å². The first kappa shape index (κ1) is 16.2. The van der Waals surface area contributed by atoms with Crippen LogP contribution in [0.25, 0.3) is 0 Å². The summed E-state index contributed by atoms with van der Waals surface area (Å²) in [6, 6.07) is 2.55. The number of hydrogen-bond acceptors (Lipinski definition) is 4. The van der Waals surface area contributed by atoms with E-state index in [1.165, 1.54) is 16.8 Å². The largest absolute Gasteiger partial charge is 0.489 e. The van der Waals surface area contributed by atoms with Gasteiger partial charge in [-0.15, -0.1) is 0 Å². The molecule has 0 spiro atoms. The molecular formula is C16H22BBrN2O2. The molecule has 0 amide bonds. The molecule has 22 heavy (non-hydrogen) atoms. The minimum Gasteiger partial charge on any atom is -0.489 e. The van der Waals surface area contributed by atoms with Gasteiger partial charge in [-0.25, -0.2) is 0 Å². The minimum atomic E-state index is 0.341. The Kier molecular flexibility index (Phi) is 5.00. The lowest BCUT2D eigenvalue weighted by atomic mass is 9.99. The number of rotatable bonds is 3. The van der Waals surface area contributed by atoms with E-state index in [-0.39, 0.29) is 0 Å². The molecule has 0 aliphatic carbocycles. The number of halogens is 1. The normalized spacial score (nSPS) is 21.8. The lowest BCUT2D eigenvalue weighted by Gasteiger charge is -2.38. The summed E-state index contributed by atoms with van der Waals surface area (Å²) in [5.41, 5.74) is 3.88. The Morgan fingerprint density at radius 1 is 1.41 bits per heavy atom. The van der Waals surface area contributed by atoms with Crippen molar-refractivity contribution in [1.82, 2.24) is 4.81 Å². The van der Waals surface area contributed by atoms with Crippen LogP contribution >= 0.6 is 15.9 Å². The van der Waals surface area contributed by atoms with Gasteiger partial charge in [0.05, 0.1) is 18.3 Å². The van der Waals surface area contributed by atoms with Gasteiger partial charge in [0.1, 0.15) is 12.4 Å². The molecule has 118 valence electrons. The second-order valence-electron chi connectivity index (χ2n) is 6.06. The Hall–Kier alpha value is -0.715. The second kappa shape index (κ2) is 6.81. The zero-order chi connectivity index (χ0) is 15.7. The molecule has 2 aliphatic heterocycles. The molecule has 1 aromatic rings. The molecule has 4 nitrogen and oxygen atoms in total. The van der Waals surface area contributed by atoms with Crippen LogP contribution in [0.4, 0.5) is 5.69 Å². The van der Waals surface area contributed by atoms with Crippen LogP contribution in [0.1, 0.15) is 18.1 Å². The Morgan fingerprint density at radius 2 is 2.18 bits per heavy atom. The number of hydrogen-bond donors (Lipinski definition) is 0. The van der Waals surface area contributed by atoms with E-state index in [2.05, 4.69) is 33.8 Å². The molecule has 1 aromatic carbocycles. The fraction of sp³-hybridized carbons (Fsp3) is 0.625. The maximum Gasteiger partial charge on any atom is 0.182 e. The van der Waals surface area contributed by atoms with Crippen molar-refractivity contribution in [3.8, 4) is 5.75 Å². The van der Waals surface area contributed by atoms with E-state index in [0.29, 0.717) is 19.3 Å². The average molecular weight is 365 g/mol. The number of nitrogens with zero attached hydrogens (tertiary/aromatic N) is 2. The monoisotopic (exact) mass is 364 g/mol. The van der Waals surface area contributed by atoms with Crippen LogP contribution in [0, 0.1) is 0 Å². The van der Waals surface area contributed by atoms with Crippen LogP contribution < -0.4 is 9.64 Å². The molecule has 0 fully saturated rings. The van der Waals surface area contributed by atoms with Crippen LogP contribution in [0.15, 0.2) is 10.5 Å². The van der Waals surface area contributed by atoms with Crippen LogP contribution in [0.5, 0.6) is 5.75 Å². The Morgan fingerprint density at radius 3 is 2.95 bits per heavy atom. The first-order valence-corrected chi connectivity index (χ1v) is 8.63. The molecule has 6 heteroatoms. The zero-order valence-electron chi connectivity index (χ0n) is 13.3. The maximum atomic E-state index is 6.00. The highest BCUT2D eigenvalue weighted by Crippen LogP contribution is 2.44. The summed E-state index contributed by atoms with van der Waals surface area (Å²) < 4.78 is 12.4. The maximum absolute atomic E-state index is 6.00. The first-order chi connectivity index (χ1) is 10.6. The first-order valence-electron chi connectivity index (χ1n) is 7.84. The lowest BCUT2D eigenvalue weighted by Crippen LogP contribution is -2.43. The third-order valence-corrected chi connectivity index (χ3v) is 5.41. The minimum absolute atomic E-state index is 0.341. The van der Waals surface area contributed by atoms with Gasteiger partial charge in [0.25, 0.3) is 0 Å². The number of fused-ring (bicyclic) bond motifs is 2. The van der Waals surface area contributed by atoms with E-state index in [4.69, 9.17) is 17.5 Å². The summed E-state index contributed by atoms with van der Waals surface area (Å²) in [4.78, 5) is 4.29. The molecule has 0 bridgehead atoms. The van der Waals surface area contributed by atoms with Crippen LogP contribution in [0.3, 0.4) is 0 Å². The quantitative estimate of drug-likeness (QED) is 0.767. The smallest absolute Gasteiger partial charge is 0.182 e. The van der Waals surface area contributed by atoms with Crippen molar-refractivity contribution >= 4 is 29.6 Å². The predicted molar refractivity (Wildman–Crippen MR) is 93.1 cm³/mol. The van der Waals surface area contributed by atoms with Gasteiger partial charge < -0.3 is 19.2 Å². The highest BCUT2D eigenvalue weighted by atomic mass is 79.9. The number of anilines is 1. The number of benzene rings is 1. The highest BCUT2D eigenvalue weighted by molar-refractivity contribution is 9.10. The molecule has 0 saturated heterocycles. The molecule has 1 atom stereocenters. The topological polar surface area (TPSA) is 24.9 Å². The molecular weight excluding hydrogens is 343 g/mol. The summed E-state index contributed by atoms with van der Waals surface area (Å²) >= 11 is 3.85. The molecule has 3 rings (SSSR count). The van der Waals surface area contributed by atoms with Crippen molar-refractivity contribution < 1.29 is 9.47 Å². The van der Waals surface area contributed by atoms with Crippen molar-refractivity contribution in [2.75, 3.05) is 44.9 Å². The Labute approximate surface area is 142 Å². The van der Waals surface area contributed by atoms with Gasteiger partial charge in [-0.05, 0) is 66.0 Å². The van der Waals surface area contributed by atoms with Crippen LogP contribution in [0.2, 0.25) is 0 Å². The predicted octanol–water partition coefficient (Wildman–Crippen LogP) is 2.17. The van der Waals surface area contributed by atoms with Crippen molar-refractivity contribution in [2.24, 2.45) is 0 Å². The van der Waals surface area contributed by atoms with E-state index < -0.39 is 0 Å². The average Bonchev–Trinajstić information content (AvgIpc) is 2.69. The fourth-order valence-corrected chi connectivity index (χ4v) is 4.13. The number of ether oxygens (including phenoxy) is 2. The summed E-state index contributed by atoms with van der Waals surface area (Å²) in [6.45, 7) is 6.27. The molecule has 0 aromatic heterocycles. The van der Waals surface area contributed by atoms with E-state index in [9.17, 15) is 0 Å². The highest BCUT2D eigenvalue weighted by Gasteiger charge is 2.29. The molecule has 2 aliphatic rings. The van der Waals surface area contributed by atoms with Crippen LogP contribution in [-0.2, 0) is 17.6 Å². The van der Waals surface area contributed by atoms with Crippen molar-refractivity contribution in [3.05, 3.63) is 21.7 Å². The third-order valence-electron chi connectivity index (χ3n) is 4.55. The fourth-order valence-electron chi connectivity index (χ4n) is 3.25. The lowest BCUT2D eigenvalue weighted by molar-refractivity contribution is 0.195. The van der Waals surface area contributed by atoms with Crippen molar-refractivity contribution in [3.63, 3.8) is 0 Å². The summed E-state index contributed by atoms with van der Waals surface area (Å²) in [7, 11) is 7.74. The van der Waals surface area contributed by atoms with Crippen molar-refractivity contribution in [1.29, 1.82) is 0 Å². The van der Waals surface area contributed by atoms with Gasteiger partial charge in [0.2, 0.25) is 0 Å².